The standard InChI is InChI=1S/C13H24N4/c1-10(2)16-7-4-5-12(6-8-16)17-13(14)11(3)9-15-17/h9-10,12H,4-8,14H2,1-3H3. The van der Waals surface area contributed by atoms with Crippen molar-refractivity contribution < 1.29 is 0 Å². The summed E-state index contributed by atoms with van der Waals surface area (Å²) in [5.41, 5.74) is 7.16. The molecule has 2 rings (SSSR count). The highest BCUT2D eigenvalue weighted by atomic mass is 15.3. The van der Waals surface area contributed by atoms with Gasteiger partial charge in [0, 0.05) is 18.2 Å². The Balaban J connectivity index is 2.06. The van der Waals surface area contributed by atoms with Crippen LogP contribution in [0.4, 0.5) is 5.82 Å². The second-order valence-corrected chi connectivity index (χ2v) is 5.37. The molecule has 1 fully saturated rings. The number of nitrogen functional groups attached to an aromatic ring is 1. The molecular formula is C13H24N4. The summed E-state index contributed by atoms with van der Waals surface area (Å²) in [5.74, 6) is 0.841. The van der Waals surface area contributed by atoms with Gasteiger partial charge in [-0.2, -0.15) is 5.10 Å². The maximum Gasteiger partial charge on any atom is 0.124 e. The molecule has 0 radical (unpaired) electrons. The topological polar surface area (TPSA) is 47.1 Å². The van der Waals surface area contributed by atoms with Crippen molar-refractivity contribution in [2.75, 3.05) is 18.8 Å². The lowest BCUT2D eigenvalue weighted by Gasteiger charge is -2.24. The number of aromatic nitrogens is 2. The molecule has 0 bridgehead atoms. The maximum absolute atomic E-state index is 6.07. The van der Waals surface area contributed by atoms with Crippen molar-refractivity contribution in [2.45, 2.75) is 52.1 Å². The highest BCUT2D eigenvalue weighted by molar-refractivity contribution is 5.37. The fourth-order valence-electron chi connectivity index (χ4n) is 2.61. The summed E-state index contributed by atoms with van der Waals surface area (Å²) in [6.45, 7) is 8.92. The van der Waals surface area contributed by atoms with E-state index in [1.807, 2.05) is 17.8 Å². The van der Waals surface area contributed by atoms with Crippen molar-refractivity contribution in [1.29, 1.82) is 0 Å². The Kier molecular flexibility index (Phi) is 3.72. The quantitative estimate of drug-likeness (QED) is 0.856. The molecule has 2 N–H and O–H groups in total. The van der Waals surface area contributed by atoms with Crippen molar-refractivity contribution >= 4 is 5.82 Å². The van der Waals surface area contributed by atoms with Gasteiger partial charge in [-0.15, -0.1) is 0 Å². The largest absolute Gasteiger partial charge is 0.384 e. The fraction of sp³-hybridized carbons (Fsp3) is 0.769. The first kappa shape index (κ1) is 12.4. The van der Waals surface area contributed by atoms with Gasteiger partial charge < -0.3 is 10.6 Å². The highest BCUT2D eigenvalue weighted by Crippen LogP contribution is 2.26. The van der Waals surface area contributed by atoms with Crippen LogP contribution < -0.4 is 5.73 Å². The summed E-state index contributed by atoms with van der Waals surface area (Å²) >= 11 is 0. The van der Waals surface area contributed by atoms with Crippen LogP contribution in [0.2, 0.25) is 0 Å². The van der Waals surface area contributed by atoms with Gasteiger partial charge in [0.1, 0.15) is 5.82 Å². The number of aryl methyl sites for hydroxylation is 1. The molecule has 1 saturated heterocycles. The summed E-state index contributed by atoms with van der Waals surface area (Å²) in [7, 11) is 0. The van der Waals surface area contributed by atoms with Crippen molar-refractivity contribution in [2.24, 2.45) is 0 Å². The Bertz CT molecular complexity index is 369. The number of likely N-dealkylation sites (tertiary alicyclic amines) is 1. The van der Waals surface area contributed by atoms with E-state index in [2.05, 4.69) is 23.8 Å². The lowest BCUT2D eigenvalue weighted by Crippen LogP contribution is -2.31. The third kappa shape index (κ3) is 2.63. The first-order valence-corrected chi connectivity index (χ1v) is 6.63. The number of nitrogens with two attached hydrogens (primary N) is 1. The zero-order valence-electron chi connectivity index (χ0n) is 11.2. The number of hydrogen-bond donors (Lipinski definition) is 1. The van der Waals surface area contributed by atoms with Crippen LogP contribution in [0.15, 0.2) is 6.20 Å². The smallest absolute Gasteiger partial charge is 0.124 e. The van der Waals surface area contributed by atoms with Crippen LogP contribution in [0.1, 0.15) is 44.7 Å². The van der Waals surface area contributed by atoms with Gasteiger partial charge in [-0.05, 0) is 46.6 Å². The molecule has 0 amide bonds. The molecule has 96 valence electrons. The molecule has 1 unspecified atom stereocenters. The average Bonchev–Trinajstić information content (AvgIpc) is 2.55. The molecular weight excluding hydrogens is 212 g/mol. The van der Waals surface area contributed by atoms with Gasteiger partial charge in [-0.1, -0.05) is 0 Å². The molecule has 1 aliphatic heterocycles. The number of nitrogens with zero attached hydrogens (tertiary/aromatic N) is 3. The van der Waals surface area contributed by atoms with E-state index in [9.17, 15) is 0 Å². The molecule has 1 aromatic heterocycles. The summed E-state index contributed by atoms with van der Waals surface area (Å²) in [6, 6.07) is 1.12. The van der Waals surface area contributed by atoms with E-state index >= 15 is 0 Å². The van der Waals surface area contributed by atoms with Gasteiger partial charge in [-0.25, -0.2) is 4.68 Å². The second kappa shape index (κ2) is 5.08. The van der Waals surface area contributed by atoms with Crippen molar-refractivity contribution in [3.63, 3.8) is 0 Å². The normalized spacial score (nSPS) is 22.9. The van der Waals surface area contributed by atoms with Crippen LogP contribution in [0.25, 0.3) is 0 Å². The molecule has 2 heterocycles. The minimum absolute atomic E-state index is 0.479. The fourth-order valence-corrected chi connectivity index (χ4v) is 2.61. The predicted octanol–water partition coefficient (Wildman–Crippen LogP) is 2.21. The molecule has 0 aromatic carbocycles. The number of anilines is 1. The molecule has 4 heteroatoms. The molecule has 0 aliphatic carbocycles. The first-order chi connectivity index (χ1) is 8.09. The SMILES string of the molecule is Cc1cnn(C2CCCN(C(C)C)CC2)c1N. The summed E-state index contributed by atoms with van der Waals surface area (Å²) in [4.78, 5) is 2.55. The highest BCUT2D eigenvalue weighted by Gasteiger charge is 2.21. The van der Waals surface area contributed by atoms with Crippen molar-refractivity contribution in [1.82, 2.24) is 14.7 Å². The zero-order valence-corrected chi connectivity index (χ0v) is 11.2. The molecule has 0 spiro atoms. The Morgan fingerprint density at radius 3 is 2.71 bits per heavy atom. The summed E-state index contributed by atoms with van der Waals surface area (Å²) < 4.78 is 2.03. The molecule has 1 aromatic rings. The van der Waals surface area contributed by atoms with Gasteiger partial charge in [0.05, 0.1) is 12.2 Å². The Hall–Kier alpha value is -1.03. The maximum atomic E-state index is 6.07. The van der Waals surface area contributed by atoms with Crippen molar-refractivity contribution in [3.05, 3.63) is 11.8 Å². The molecule has 4 nitrogen and oxygen atoms in total. The van der Waals surface area contributed by atoms with Crippen LogP contribution in [-0.4, -0.2) is 33.8 Å². The number of rotatable bonds is 2. The van der Waals surface area contributed by atoms with Crippen LogP contribution in [0, 0.1) is 6.92 Å². The Labute approximate surface area is 104 Å². The second-order valence-electron chi connectivity index (χ2n) is 5.37. The van der Waals surface area contributed by atoms with Crippen LogP contribution >= 0.6 is 0 Å². The van der Waals surface area contributed by atoms with E-state index < -0.39 is 0 Å². The van der Waals surface area contributed by atoms with Gasteiger partial charge >= 0.3 is 0 Å². The van der Waals surface area contributed by atoms with Gasteiger partial charge in [0.2, 0.25) is 0 Å². The average molecular weight is 236 g/mol. The van der Waals surface area contributed by atoms with E-state index in [1.54, 1.807) is 0 Å². The Morgan fingerprint density at radius 2 is 2.12 bits per heavy atom. The van der Waals surface area contributed by atoms with Crippen LogP contribution in [0.5, 0.6) is 0 Å². The van der Waals surface area contributed by atoms with Gasteiger partial charge in [-0.3, -0.25) is 0 Å². The summed E-state index contributed by atoms with van der Waals surface area (Å²) in [6.07, 6.45) is 5.46. The van der Waals surface area contributed by atoms with Crippen LogP contribution in [0.3, 0.4) is 0 Å². The third-order valence-corrected chi connectivity index (χ3v) is 3.84. The lowest BCUT2D eigenvalue weighted by atomic mass is 10.1. The monoisotopic (exact) mass is 236 g/mol. The van der Waals surface area contributed by atoms with Gasteiger partial charge in [0.25, 0.3) is 0 Å². The lowest BCUT2D eigenvalue weighted by molar-refractivity contribution is 0.227. The molecule has 0 saturated carbocycles. The van der Waals surface area contributed by atoms with E-state index in [0.717, 1.165) is 24.3 Å². The van der Waals surface area contributed by atoms with Crippen LogP contribution in [-0.2, 0) is 0 Å². The molecule has 1 atom stereocenters. The zero-order chi connectivity index (χ0) is 12.4. The minimum Gasteiger partial charge on any atom is -0.384 e. The predicted molar refractivity (Wildman–Crippen MR) is 71.0 cm³/mol. The van der Waals surface area contributed by atoms with E-state index in [0.29, 0.717) is 12.1 Å². The number of hydrogen-bond acceptors (Lipinski definition) is 3. The van der Waals surface area contributed by atoms with E-state index in [1.165, 1.54) is 19.4 Å². The first-order valence-electron chi connectivity index (χ1n) is 6.63. The molecule has 1 aliphatic rings. The minimum atomic E-state index is 0.479. The van der Waals surface area contributed by atoms with E-state index in [4.69, 9.17) is 5.73 Å². The summed E-state index contributed by atoms with van der Waals surface area (Å²) in [5, 5.41) is 4.42. The molecule has 17 heavy (non-hydrogen) atoms. The van der Waals surface area contributed by atoms with E-state index in [-0.39, 0.29) is 0 Å². The van der Waals surface area contributed by atoms with Crippen molar-refractivity contribution in [3.8, 4) is 0 Å². The third-order valence-electron chi connectivity index (χ3n) is 3.84. The van der Waals surface area contributed by atoms with Gasteiger partial charge in [0.15, 0.2) is 0 Å². The Morgan fingerprint density at radius 1 is 1.35 bits per heavy atom.